The van der Waals surface area contributed by atoms with Gasteiger partial charge in [-0.15, -0.1) is 0 Å². The monoisotopic (exact) mass is 235 g/mol. The van der Waals surface area contributed by atoms with Gasteiger partial charge in [-0.1, -0.05) is 12.1 Å². The van der Waals surface area contributed by atoms with Gasteiger partial charge in [-0.3, -0.25) is 9.69 Å². The molecule has 0 saturated heterocycles. The maximum Gasteiger partial charge on any atom is 0.319 e. The number of anilines is 2. The number of hydrogen-bond acceptors (Lipinski definition) is 2. The van der Waals surface area contributed by atoms with E-state index in [9.17, 15) is 9.59 Å². The fourth-order valence-electron chi connectivity index (χ4n) is 1.54. The summed E-state index contributed by atoms with van der Waals surface area (Å²) in [7, 11) is 1.57. The number of benzene rings is 1. The van der Waals surface area contributed by atoms with E-state index >= 15 is 0 Å². The third kappa shape index (κ3) is 2.75. The number of nitrogens with zero attached hydrogens (tertiary/aromatic N) is 2. The Kier molecular flexibility index (Phi) is 4.09. The molecule has 2 N–H and O–H groups in total. The first-order valence-corrected chi connectivity index (χ1v) is 5.34. The van der Waals surface area contributed by atoms with Gasteiger partial charge in [0.25, 0.3) is 0 Å². The third-order valence-electron chi connectivity index (χ3n) is 2.52. The Morgan fingerprint density at radius 3 is 2.24 bits per heavy atom. The molecule has 0 saturated carbocycles. The molecular formula is C12H17N3O2. The van der Waals surface area contributed by atoms with Crippen molar-refractivity contribution in [2.45, 2.75) is 19.9 Å². The Morgan fingerprint density at radius 1 is 1.29 bits per heavy atom. The number of urea groups is 1. The number of para-hydroxylation sites is 2. The van der Waals surface area contributed by atoms with E-state index in [0.29, 0.717) is 11.4 Å². The van der Waals surface area contributed by atoms with Crippen molar-refractivity contribution in [2.75, 3.05) is 16.8 Å². The first kappa shape index (κ1) is 13.0. The summed E-state index contributed by atoms with van der Waals surface area (Å²) in [4.78, 5) is 25.1. The highest BCUT2D eigenvalue weighted by Crippen LogP contribution is 2.28. The molecule has 3 amide bonds. The molecular weight excluding hydrogens is 218 g/mol. The molecule has 92 valence electrons. The minimum Gasteiger partial charge on any atom is -0.351 e. The second-order valence-electron chi connectivity index (χ2n) is 3.99. The number of amides is 3. The number of primary amides is 1. The highest BCUT2D eigenvalue weighted by atomic mass is 16.2. The lowest BCUT2D eigenvalue weighted by Crippen LogP contribution is -2.35. The van der Waals surface area contributed by atoms with Crippen LogP contribution in [0, 0.1) is 0 Å². The fraction of sp³-hybridized carbons (Fsp3) is 0.333. The van der Waals surface area contributed by atoms with E-state index in [4.69, 9.17) is 5.73 Å². The van der Waals surface area contributed by atoms with Crippen LogP contribution in [0.5, 0.6) is 0 Å². The van der Waals surface area contributed by atoms with Crippen LogP contribution in [0.1, 0.15) is 13.8 Å². The van der Waals surface area contributed by atoms with E-state index in [-0.39, 0.29) is 6.04 Å². The predicted octanol–water partition coefficient (Wildman–Crippen LogP) is 1.57. The summed E-state index contributed by atoms with van der Waals surface area (Å²) in [5.74, 6) is 0. The molecule has 0 heterocycles. The molecule has 1 aromatic rings. The van der Waals surface area contributed by atoms with Crippen molar-refractivity contribution in [1.82, 2.24) is 0 Å². The summed E-state index contributed by atoms with van der Waals surface area (Å²) in [6.45, 7) is 3.80. The Hall–Kier alpha value is -2.04. The lowest BCUT2D eigenvalue weighted by molar-refractivity contribution is -0.107. The zero-order valence-corrected chi connectivity index (χ0v) is 10.3. The predicted molar refractivity (Wildman–Crippen MR) is 68.1 cm³/mol. The van der Waals surface area contributed by atoms with Crippen molar-refractivity contribution in [2.24, 2.45) is 5.73 Å². The maximum atomic E-state index is 11.2. The van der Waals surface area contributed by atoms with Crippen LogP contribution in [0.4, 0.5) is 16.2 Å². The molecule has 0 aliphatic heterocycles. The summed E-state index contributed by atoms with van der Waals surface area (Å²) in [5, 5.41) is 0. The standard InChI is InChI=1S/C12H17N3O2/c1-9(2)15(8-16)11-7-5-4-6-10(11)14(3)12(13)17/h4-9H,1-3H3,(H2,13,17). The number of nitrogens with two attached hydrogens (primary N) is 1. The van der Waals surface area contributed by atoms with Crippen LogP contribution in [0.25, 0.3) is 0 Å². The zero-order valence-electron chi connectivity index (χ0n) is 10.3. The van der Waals surface area contributed by atoms with Gasteiger partial charge in [-0.2, -0.15) is 0 Å². The Labute approximate surface area is 101 Å². The Balaban J connectivity index is 3.24. The molecule has 0 aliphatic carbocycles. The van der Waals surface area contributed by atoms with Gasteiger partial charge in [0, 0.05) is 13.1 Å². The van der Waals surface area contributed by atoms with Gasteiger partial charge in [0.05, 0.1) is 11.4 Å². The van der Waals surface area contributed by atoms with Crippen molar-refractivity contribution in [3.8, 4) is 0 Å². The third-order valence-corrected chi connectivity index (χ3v) is 2.52. The van der Waals surface area contributed by atoms with Crippen LogP contribution in [0.3, 0.4) is 0 Å². The van der Waals surface area contributed by atoms with Gasteiger partial charge in [0.2, 0.25) is 6.41 Å². The summed E-state index contributed by atoms with van der Waals surface area (Å²) >= 11 is 0. The molecule has 0 fully saturated rings. The van der Waals surface area contributed by atoms with Crippen molar-refractivity contribution in [1.29, 1.82) is 0 Å². The van der Waals surface area contributed by atoms with Crippen molar-refractivity contribution in [3.63, 3.8) is 0 Å². The molecule has 1 rings (SSSR count). The molecule has 0 radical (unpaired) electrons. The smallest absolute Gasteiger partial charge is 0.319 e. The van der Waals surface area contributed by atoms with Crippen LogP contribution < -0.4 is 15.5 Å². The van der Waals surface area contributed by atoms with Crippen LogP contribution in [0.2, 0.25) is 0 Å². The van der Waals surface area contributed by atoms with E-state index in [2.05, 4.69) is 0 Å². The highest BCUT2D eigenvalue weighted by Gasteiger charge is 2.17. The average molecular weight is 235 g/mol. The number of rotatable bonds is 4. The molecule has 5 nitrogen and oxygen atoms in total. The van der Waals surface area contributed by atoms with Crippen LogP contribution in [-0.2, 0) is 4.79 Å². The molecule has 0 spiro atoms. The molecule has 17 heavy (non-hydrogen) atoms. The normalized spacial score (nSPS) is 10.1. The molecule has 0 atom stereocenters. The summed E-state index contributed by atoms with van der Waals surface area (Å²) < 4.78 is 0. The minimum absolute atomic E-state index is 0.00919. The lowest BCUT2D eigenvalue weighted by Gasteiger charge is -2.27. The topological polar surface area (TPSA) is 66.6 Å². The molecule has 5 heteroatoms. The number of hydrogen-bond donors (Lipinski definition) is 1. The van der Waals surface area contributed by atoms with Gasteiger partial charge < -0.3 is 10.6 Å². The minimum atomic E-state index is -0.563. The van der Waals surface area contributed by atoms with E-state index in [1.807, 2.05) is 19.9 Å². The molecule has 0 aliphatic rings. The van der Waals surface area contributed by atoms with Crippen LogP contribution >= 0.6 is 0 Å². The molecule has 0 aromatic heterocycles. The molecule has 0 unspecified atom stereocenters. The summed E-state index contributed by atoms with van der Waals surface area (Å²) in [6, 6.07) is 6.58. The van der Waals surface area contributed by atoms with Crippen LogP contribution in [0.15, 0.2) is 24.3 Å². The number of carbonyl (C=O) groups excluding carboxylic acids is 2. The van der Waals surface area contributed by atoms with Gasteiger partial charge in [0.1, 0.15) is 0 Å². The zero-order chi connectivity index (χ0) is 13.0. The average Bonchev–Trinajstić information content (AvgIpc) is 2.29. The van der Waals surface area contributed by atoms with Crippen LogP contribution in [-0.4, -0.2) is 25.5 Å². The second-order valence-corrected chi connectivity index (χ2v) is 3.99. The largest absolute Gasteiger partial charge is 0.351 e. The van der Waals surface area contributed by atoms with E-state index in [1.165, 1.54) is 4.90 Å². The first-order valence-electron chi connectivity index (χ1n) is 5.34. The van der Waals surface area contributed by atoms with Gasteiger partial charge in [-0.25, -0.2) is 4.79 Å². The van der Waals surface area contributed by atoms with E-state index < -0.39 is 6.03 Å². The maximum absolute atomic E-state index is 11.2. The van der Waals surface area contributed by atoms with Crippen molar-refractivity contribution < 1.29 is 9.59 Å². The molecule has 1 aromatic carbocycles. The molecule has 0 bridgehead atoms. The Bertz CT molecular complexity index is 418. The highest BCUT2D eigenvalue weighted by molar-refractivity contribution is 5.96. The van der Waals surface area contributed by atoms with Crippen molar-refractivity contribution in [3.05, 3.63) is 24.3 Å². The van der Waals surface area contributed by atoms with E-state index in [0.717, 1.165) is 6.41 Å². The van der Waals surface area contributed by atoms with Crippen molar-refractivity contribution >= 4 is 23.8 Å². The summed E-state index contributed by atoms with van der Waals surface area (Å²) in [5.41, 5.74) is 6.51. The van der Waals surface area contributed by atoms with Gasteiger partial charge in [-0.05, 0) is 26.0 Å². The fourth-order valence-corrected chi connectivity index (χ4v) is 1.54. The Morgan fingerprint density at radius 2 is 1.82 bits per heavy atom. The second kappa shape index (κ2) is 5.34. The SMILES string of the molecule is CC(C)N(C=O)c1ccccc1N(C)C(N)=O. The van der Waals surface area contributed by atoms with Gasteiger partial charge in [0.15, 0.2) is 0 Å². The number of carbonyl (C=O) groups is 2. The van der Waals surface area contributed by atoms with E-state index in [1.54, 1.807) is 30.1 Å². The quantitative estimate of drug-likeness (QED) is 0.805. The van der Waals surface area contributed by atoms with Gasteiger partial charge >= 0.3 is 6.03 Å². The summed E-state index contributed by atoms with van der Waals surface area (Å²) in [6.07, 6.45) is 0.748. The lowest BCUT2D eigenvalue weighted by atomic mass is 10.2. The first-order chi connectivity index (χ1) is 7.99.